The monoisotopic (exact) mass is 328 g/mol. The van der Waals surface area contributed by atoms with E-state index in [1.54, 1.807) is 6.20 Å². The van der Waals surface area contributed by atoms with Gasteiger partial charge >= 0.3 is 6.01 Å². The van der Waals surface area contributed by atoms with Gasteiger partial charge in [-0.2, -0.15) is 4.98 Å². The van der Waals surface area contributed by atoms with Gasteiger partial charge in [-0.1, -0.05) is 18.2 Å². The third-order valence-electron chi connectivity index (χ3n) is 3.89. The van der Waals surface area contributed by atoms with Crippen molar-refractivity contribution in [2.45, 2.75) is 46.7 Å². The first-order chi connectivity index (χ1) is 11.5. The second-order valence-corrected chi connectivity index (χ2v) is 6.45. The largest absolute Gasteiger partial charge is 0.424 e. The summed E-state index contributed by atoms with van der Waals surface area (Å²) in [4.78, 5) is 11.2. The molecule has 1 aromatic heterocycles. The van der Waals surface area contributed by atoms with Crippen LogP contribution in [0.25, 0.3) is 0 Å². The summed E-state index contributed by atoms with van der Waals surface area (Å²) in [6, 6.07) is 11.0. The van der Waals surface area contributed by atoms with E-state index in [4.69, 9.17) is 4.74 Å². The standard InChI is InChI=1S/C19H28N4O/c1-14(2)23(15(3)4)12-11-20-18-16(5)13-21-19(22-18)24-17-9-7-6-8-10-17/h6-10,13-15H,11-12H2,1-5H3,(H,20,21,22). The molecule has 0 saturated heterocycles. The van der Waals surface area contributed by atoms with E-state index >= 15 is 0 Å². The third kappa shape index (κ3) is 5.20. The molecule has 2 rings (SSSR count). The molecule has 0 saturated carbocycles. The van der Waals surface area contributed by atoms with Crippen molar-refractivity contribution in [1.82, 2.24) is 14.9 Å². The van der Waals surface area contributed by atoms with Gasteiger partial charge < -0.3 is 10.1 Å². The molecule has 1 aromatic carbocycles. The van der Waals surface area contributed by atoms with E-state index in [9.17, 15) is 0 Å². The Morgan fingerprint density at radius 3 is 2.38 bits per heavy atom. The van der Waals surface area contributed by atoms with Crippen molar-refractivity contribution >= 4 is 5.82 Å². The molecule has 0 spiro atoms. The van der Waals surface area contributed by atoms with Crippen LogP contribution in [0.1, 0.15) is 33.3 Å². The predicted molar refractivity (Wildman–Crippen MR) is 98.8 cm³/mol. The zero-order chi connectivity index (χ0) is 17.5. The fraction of sp³-hybridized carbons (Fsp3) is 0.474. The maximum absolute atomic E-state index is 5.71. The first-order valence-electron chi connectivity index (χ1n) is 8.53. The maximum atomic E-state index is 5.71. The average Bonchev–Trinajstić information content (AvgIpc) is 2.54. The van der Waals surface area contributed by atoms with E-state index in [0.717, 1.165) is 30.2 Å². The Labute approximate surface area is 145 Å². The smallest absolute Gasteiger partial charge is 0.323 e. The number of benzene rings is 1. The molecule has 130 valence electrons. The number of hydrogen-bond acceptors (Lipinski definition) is 5. The summed E-state index contributed by atoms with van der Waals surface area (Å²) in [5.41, 5.74) is 1.01. The zero-order valence-corrected chi connectivity index (χ0v) is 15.3. The summed E-state index contributed by atoms with van der Waals surface area (Å²) in [5, 5.41) is 3.41. The average molecular weight is 328 g/mol. The molecule has 0 aliphatic heterocycles. The minimum atomic E-state index is 0.360. The Hall–Kier alpha value is -2.14. The van der Waals surface area contributed by atoms with Crippen molar-refractivity contribution in [3.05, 3.63) is 42.1 Å². The van der Waals surface area contributed by atoms with Crippen LogP contribution >= 0.6 is 0 Å². The van der Waals surface area contributed by atoms with Gasteiger partial charge in [-0.3, -0.25) is 4.90 Å². The van der Waals surface area contributed by atoms with Crippen LogP contribution in [0.2, 0.25) is 0 Å². The zero-order valence-electron chi connectivity index (χ0n) is 15.3. The third-order valence-corrected chi connectivity index (χ3v) is 3.89. The number of ether oxygens (including phenoxy) is 1. The minimum absolute atomic E-state index is 0.360. The van der Waals surface area contributed by atoms with Crippen LogP contribution in [0.5, 0.6) is 11.8 Å². The quantitative estimate of drug-likeness (QED) is 0.790. The van der Waals surface area contributed by atoms with Crippen molar-refractivity contribution in [2.75, 3.05) is 18.4 Å². The van der Waals surface area contributed by atoms with E-state index in [0.29, 0.717) is 18.1 Å². The highest BCUT2D eigenvalue weighted by atomic mass is 16.5. The highest BCUT2D eigenvalue weighted by Crippen LogP contribution is 2.20. The molecule has 0 amide bonds. The van der Waals surface area contributed by atoms with Crippen molar-refractivity contribution in [3.8, 4) is 11.8 Å². The number of rotatable bonds is 8. The van der Waals surface area contributed by atoms with Gasteiger partial charge in [0.25, 0.3) is 0 Å². The molecule has 24 heavy (non-hydrogen) atoms. The lowest BCUT2D eigenvalue weighted by atomic mass is 10.2. The van der Waals surface area contributed by atoms with Crippen LogP contribution in [0.3, 0.4) is 0 Å². The van der Waals surface area contributed by atoms with Crippen LogP contribution in [0.15, 0.2) is 36.5 Å². The van der Waals surface area contributed by atoms with Gasteiger partial charge in [0.1, 0.15) is 11.6 Å². The SMILES string of the molecule is Cc1cnc(Oc2ccccc2)nc1NCCN(C(C)C)C(C)C. The molecule has 1 heterocycles. The predicted octanol–water partition coefficient (Wildman–Crippen LogP) is 4.11. The van der Waals surface area contributed by atoms with E-state index in [1.807, 2.05) is 37.3 Å². The molecule has 5 nitrogen and oxygen atoms in total. The topological polar surface area (TPSA) is 50.3 Å². The molecular formula is C19H28N4O. The highest BCUT2D eigenvalue weighted by Gasteiger charge is 2.13. The van der Waals surface area contributed by atoms with Crippen molar-refractivity contribution in [3.63, 3.8) is 0 Å². The first-order valence-corrected chi connectivity index (χ1v) is 8.53. The molecule has 0 bridgehead atoms. The molecular weight excluding hydrogens is 300 g/mol. The van der Waals surface area contributed by atoms with E-state index in [2.05, 4.69) is 47.9 Å². The number of nitrogens with zero attached hydrogens (tertiary/aromatic N) is 3. The normalized spacial score (nSPS) is 11.3. The summed E-state index contributed by atoms with van der Waals surface area (Å²) < 4.78 is 5.71. The molecule has 0 aliphatic rings. The van der Waals surface area contributed by atoms with Crippen LogP contribution in [-0.4, -0.2) is 40.0 Å². The molecule has 0 atom stereocenters. The molecule has 0 aliphatic carbocycles. The number of hydrogen-bond donors (Lipinski definition) is 1. The van der Waals surface area contributed by atoms with Crippen LogP contribution < -0.4 is 10.1 Å². The van der Waals surface area contributed by atoms with Gasteiger partial charge in [-0.25, -0.2) is 4.98 Å². The molecule has 0 fully saturated rings. The minimum Gasteiger partial charge on any atom is -0.424 e. The van der Waals surface area contributed by atoms with Crippen molar-refractivity contribution < 1.29 is 4.74 Å². The van der Waals surface area contributed by atoms with Crippen LogP contribution in [0, 0.1) is 6.92 Å². The summed E-state index contributed by atoms with van der Waals surface area (Å²) in [6.45, 7) is 12.7. The molecule has 0 unspecified atom stereocenters. The molecule has 5 heteroatoms. The second kappa shape index (κ2) is 8.64. The summed E-state index contributed by atoms with van der Waals surface area (Å²) >= 11 is 0. The van der Waals surface area contributed by atoms with Crippen LogP contribution in [-0.2, 0) is 0 Å². The lowest BCUT2D eigenvalue weighted by Gasteiger charge is -2.30. The number of aryl methyl sites for hydroxylation is 1. The van der Waals surface area contributed by atoms with Crippen molar-refractivity contribution in [2.24, 2.45) is 0 Å². The van der Waals surface area contributed by atoms with E-state index in [1.165, 1.54) is 0 Å². The summed E-state index contributed by atoms with van der Waals surface area (Å²) in [5.74, 6) is 1.56. The Bertz CT molecular complexity index is 621. The lowest BCUT2D eigenvalue weighted by molar-refractivity contribution is 0.182. The van der Waals surface area contributed by atoms with Crippen molar-refractivity contribution in [1.29, 1.82) is 0 Å². The molecule has 2 aromatic rings. The number of nitrogens with one attached hydrogen (secondary N) is 1. The fourth-order valence-corrected chi connectivity index (χ4v) is 2.66. The molecule has 1 N–H and O–H groups in total. The van der Waals surface area contributed by atoms with Gasteiger partial charge in [0.15, 0.2) is 0 Å². The Kier molecular flexibility index (Phi) is 6.55. The number of para-hydroxylation sites is 1. The second-order valence-electron chi connectivity index (χ2n) is 6.45. The van der Waals surface area contributed by atoms with Gasteiger partial charge in [0, 0.05) is 36.9 Å². The first kappa shape index (κ1) is 18.2. The van der Waals surface area contributed by atoms with Gasteiger partial charge in [0.2, 0.25) is 0 Å². The van der Waals surface area contributed by atoms with Gasteiger partial charge in [0.05, 0.1) is 0 Å². The fourth-order valence-electron chi connectivity index (χ4n) is 2.66. The Balaban J connectivity index is 1.98. The highest BCUT2D eigenvalue weighted by molar-refractivity contribution is 5.43. The summed E-state index contributed by atoms with van der Waals surface area (Å²) in [7, 11) is 0. The maximum Gasteiger partial charge on any atom is 0.323 e. The number of anilines is 1. The van der Waals surface area contributed by atoms with Crippen LogP contribution in [0.4, 0.5) is 5.82 Å². The Morgan fingerprint density at radius 2 is 1.75 bits per heavy atom. The van der Waals surface area contributed by atoms with E-state index in [-0.39, 0.29) is 0 Å². The van der Waals surface area contributed by atoms with Gasteiger partial charge in [-0.05, 0) is 46.8 Å². The summed E-state index contributed by atoms with van der Waals surface area (Å²) in [6.07, 6.45) is 1.79. The number of aromatic nitrogens is 2. The van der Waals surface area contributed by atoms with Gasteiger partial charge in [-0.15, -0.1) is 0 Å². The molecule has 0 radical (unpaired) electrons. The Morgan fingerprint density at radius 1 is 1.08 bits per heavy atom. The lowest BCUT2D eigenvalue weighted by Crippen LogP contribution is -2.40. The van der Waals surface area contributed by atoms with E-state index < -0.39 is 0 Å².